The van der Waals surface area contributed by atoms with Crippen LogP contribution in [-0.4, -0.2) is 42.2 Å². The molecule has 198 valence electrons. The van der Waals surface area contributed by atoms with E-state index in [4.69, 9.17) is 14.2 Å². The third kappa shape index (κ3) is 4.77. The van der Waals surface area contributed by atoms with Gasteiger partial charge >= 0.3 is 0 Å². The minimum Gasteiger partial charge on any atom is -0.507 e. The Kier molecular flexibility index (Phi) is 7.62. The molecule has 0 aromatic heterocycles. The summed E-state index contributed by atoms with van der Waals surface area (Å²) in [4.78, 5) is 28.4. The fraction of sp³-hybridized carbons (Fsp3) is 0.267. The highest BCUT2D eigenvalue weighted by atomic mass is 16.5. The Hall–Kier alpha value is -4.46. The highest BCUT2D eigenvalue weighted by Gasteiger charge is 2.47. The molecule has 0 radical (unpaired) electrons. The van der Waals surface area contributed by atoms with Gasteiger partial charge in [-0.1, -0.05) is 12.1 Å². The van der Waals surface area contributed by atoms with Crippen molar-refractivity contribution in [3.05, 3.63) is 82.4 Å². The predicted molar refractivity (Wildman–Crippen MR) is 144 cm³/mol. The van der Waals surface area contributed by atoms with Crippen LogP contribution in [0.25, 0.3) is 5.76 Å². The van der Waals surface area contributed by atoms with Crippen LogP contribution >= 0.6 is 0 Å². The Balaban J connectivity index is 1.98. The number of rotatable bonds is 8. The van der Waals surface area contributed by atoms with E-state index >= 15 is 0 Å². The van der Waals surface area contributed by atoms with E-state index in [0.29, 0.717) is 41.5 Å². The van der Waals surface area contributed by atoms with Crippen molar-refractivity contribution in [2.75, 3.05) is 25.2 Å². The maximum absolute atomic E-state index is 13.5. The number of aliphatic hydroxyl groups excluding tert-OH is 1. The van der Waals surface area contributed by atoms with Crippen LogP contribution in [0, 0.1) is 13.8 Å². The molecule has 0 spiro atoms. The molecule has 38 heavy (non-hydrogen) atoms. The number of aliphatic hydroxyl groups is 1. The molecule has 1 atom stereocenters. The van der Waals surface area contributed by atoms with Gasteiger partial charge in [-0.05, 0) is 86.8 Å². The standard InChI is InChI=1S/C30H31NO7/c1-6-37-21-11-9-20(10-12-21)31-26(19-8-13-23(32)24(16-19)38-7-2)25(28(34)30(31)35)27(33)22-15-17(3)14-18(4)29(22)36-5/h8-16,26,32-33H,6-7H2,1-5H3/b27-25+. The Labute approximate surface area is 221 Å². The number of carbonyl (C=O) groups is 2. The van der Waals surface area contributed by atoms with Gasteiger partial charge in [-0.2, -0.15) is 0 Å². The first-order valence-corrected chi connectivity index (χ1v) is 12.4. The summed E-state index contributed by atoms with van der Waals surface area (Å²) in [5.41, 5.74) is 2.76. The summed E-state index contributed by atoms with van der Waals surface area (Å²) < 4.78 is 16.7. The number of phenols is 1. The number of benzene rings is 3. The third-order valence-corrected chi connectivity index (χ3v) is 6.35. The van der Waals surface area contributed by atoms with Crippen molar-refractivity contribution in [1.29, 1.82) is 0 Å². The highest BCUT2D eigenvalue weighted by molar-refractivity contribution is 6.51. The normalized spacial score (nSPS) is 16.6. The van der Waals surface area contributed by atoms with Crippen LogP contribution in [0.4, 0.5) is 5.69 Å². The quantitative estimate of drug-likeness (QED) is 0.233. The maximum Gasteiger partial charge on any atom is 0.300 e. The van der Waals surface area contributed by atoms with E-state index in [1.807, 2.05) is 26.8 Å². The van der Waals surface area contributed by atoms with Gasteiger partial charge in [-0.3, -0.25) is 14.5 Å². The van der Waals surface area contributed by atoms with Crippen molar-refractivity contribution in [3.8, 4) is 23.0 Å². The van der Waals surface area contributed by atoms with Gasteiger partial charge in [0.2, 0.25) is 0 Å². The van der Waals surface area contributed by atoms with Gasteiger partial charge < -0.3 is 24.4 Å². The smallest absolute Gasteiger partial charge is 0.300 e. The number of ketones is 1. The molecule has 1 aliphatic rings. The average Bonchev–Trinajstić information content (AvgIpc) is 3.15. The second kappa shape index (κ2) is 10.9. The first kappa shape index (κ1) is 26.6. The number of methoxy groups -OCH3 is 1. The van der Waals surface area contributed by atoms with Crippen LogP contribution in [0.15, 0.2) is 60.2 Å². The van der Waals surface area contributed by atoms with Crippen molar-refractivity contribution in [3.63, 3.8) is 0 Å². The van der Waals surface area contributed by atoms with Crippen molar-refractivity contribution in [2.45, 2.75) is 33.7 Å². The lowest BCUT2D eigenvalue weighted by molar-refractivity contribution is -0.132. The zero-order valence-electron chi connectivity index (χ0n) is 22.1. The van der Waals surface area contributed by atoms with Gasteiger partial charge in [0.1, 0.15) is 17.3 Å². The second-order valence-corrected chi connectivity index (χ2v) is 8.92. The summed E-state index contributed by atoms with van der Waals surface area (Å²) in [6, 6.07) is 14.0. The maximum atomic E-state index is 13.5. The zero-order chi connectivity index (χ0) is 27.6. The fourth-order valence-electron chi connectivity index (χ4n) is 4.80. The van der Waals surface area contributed by atoms with Gasteiger partial charge in [0.25, 0.3) is 11.7 Å². The fourth-order valence-corrected chi connectivity index (χ4v) is 4.80. The van der Waals surface area contributed by atoms with E-state index in [2.05, 4.69) is 0 Å². The predicted octanol–water partition coefficient (Wildman–Crippen LogP) is 5.44. The van der Waals surface area contributed by atoms with Crippen LogP contribution in [0.5, 0.6) is 23.0 Å². The molecule has 4 rings (SSSR count). The average molecular weight is 518 g/mol. The SMILES string of the molecule is CCOc1ccc(N2C(=O)C(=O)/C(=C(/O)c3cc(C)cc(C)c3OC)C2c2ccc(O)c(OCC)c2)cc1. The molecule has 0 bridgehead atoms. The van der Waals surface area contributed by atoms with Crippen molar-refractivity contribution < 1.29 is 34.0 Å². The molecule has 8 nitrogen and oxygen atoms in total. The number of aryl methyl sites for hydroxylation is 2. The number of carbonyl (C=O) groups excluding carboxylic acids is 2. The number of hydrogen-bond acceptors (Lipinski definition) is 7. The number of anilines is 1. The third-order valence-electron chi connectivity index (χ3n) is 6.35. The summed E-state index contributed by atoms with van der Waals surface area (Å²) in [5.74, 6) is -0.844. The minimum absolute atomic E-state index is 0.0791. The van der Waals surface area contributed by atoms with Gasteiger partial charge in [0.15, 0.2) is 11.5 Å². The van der Waals surface area contributed by atoms with E-state index in [9.17, 15) is 19.8 Å². The summed E-state index contributed by atoms with van der Waals surface area (Å²) in [6.07, 6.45) is 0. The lowest BCUT2D eigenvalue weighted by atomic mass is 9.93. The van der Waals surface area contributed by atoms with Crippen LogP contribution in [-0.2, 0) is 9.59 Å². The number of amides is 1. The molecule has 1 amide bonds. The molecule has 1 heterocycles. The summed E-state index contributed by atoms with van der Waals surface area (Å²) in [5, 5.41) is 21.9. The molecular weight excluding hydrogens is 486 g/mol. The lowest BCUT2D eigenvalue weighted by Crippen LogP contribution is -2.29. The van der Waals surface area contributed by atoms with Crippen LogP contribution in [0.1, 0.15) is 42.1 Å². The Bertz CT molecular complexity index is 1410. The molecule has 1 fully saturated rings. The second-order valence-electron chi connectivity index (χ2n) is 8.92. The van der Waals surface area contributed by atoms with Crippen molar-refractivity contribution in [1.82, 2.24) is 0 Å². The Morgan fingerprint density at radius 1 is 0.947 bits per heavy atom. The molecule has 1 aliphatic heterocycles. The minimum atomic E-state index is -1.00. The largest absolute Gasteiger partial charge is 0.507 e. The zero-order valence-corrected chi connectivity index (χ0v) is 22.1. The van der Waals surface area contributed by atoms with Gasteiger partial charge in [0.05, 0.1) is 37.5 Å². The molecule has 1 saturated heterocycles. The van der Waals surface area contributed by atoms with E-state index in [1.54, 1.807) is 49.4 Å². The molecule has 2 N–H and O–H groups in total. The molecule has 0 saturated carbocycles. The van der Waals surface area contributed by atoms with Crippen LogP contribution < -0.4 is 19.1 Å². The highest BCUT2D eigenvalue weighted by Crippen LogP contribution is 2.45. The Morgan fingerprint density at radius 3 is 2.26 bits per heavy atom. The molecule has 0 aliphatic carbocycles. The summed E-state index contributed by atoms with van der Waals surface area (Å²) >= 11 is 0. The summed E-state index contributed by atoms with van der Waals surface area (Å²) in [6.45, 7) is 8.14. The van der Waals surface area contributed by atoms with Crippen molar-refractivity contribution >= 4 is 23.1 Å². The first-order valence-electron chi connectivity index (χ1n) is 12.4. The molecule has 1 unspecified atom stereocenters. The monoisotopic (exact) mass is 517 g/mol. The molecule has 3 aromatic carbocycles. The molecular formula is C30H31NO7. The lowest BCUT2D eigenvalue weighted by Gasteiger charge is -2.26. The summed E-state index contributed by atoms with van der Waals surface area (Å²) in [7, 11) is 1.48. The van der Waals surface area contributed by atoms with E-state index in [0.717, 1.165) is 11.1 Å². The molecule has 8 heteroatoms. The molecule has 3 aromatic rings. The van der Waals surface area contributed by atoms with Gasteiger partial charge in [-0.25, -0.2) is 0 Å². The number of hydrogen-bond donors (Lipinski definition) is 2. The Morgan fingerprint density at radius 2 is 1.63 bits per heavy atom. The van der Waals surface area contributed by atoms with Crippen molar-refractivity contribution in [2.24, 2.45) is 0 Å². The first-order chi connectivity index (χ1) is 18.2. The van der Waals surface area contributed by atoms with Crippen LogP contribution in [0.2, 0.25) is 0 Å². The van der Waals surface area contributed by atoms with Gasteiger partial charge in [-0.15, -0.1) is 0 Å². The van der Waals surface area contributed by atoms with E-state index in [1.165, 1.54) is 18.1 Å². The van der Waals surface area contributed by atoms with E-state index in [-0.39, 0.29) is 22.8 Å². The number of phenolic OH excluding ortho intramolecular Hbond substituents is 1. The van der Waals surface area contributed by atoms with Crippen LogP contribution in [0.3, 0.4) is 0 Å². The van der Waals surface area contributed by atoms with E-state index < -0.39 is 17.7 Å². The number of Topliss-reactive ketones (excluding diaryl/α,β-unsaturated/α-hetero) is 1. The topological polar surface area (TPSA) is 106 Å². The number of aromatic hydroxyl groups is 1. The number of ether oxygens (including phenoxy) is 3. The number of nitrogens with zero attached hydrogens (tertiary/aromatic N) is 1. The van der Waals surface area contributed by atoms with Gasteiger partial charge in [0, 0.05) is 5.69 Å².